The van der Waals surface area contributed by atoms with Gasteiger partial charge in [0.25, 0.3) is 0 Å². The molecule has 0 unspecified atom stereocenters. The Bertz CT molecular complexity index is 548. The summed E-state index contributed by atoms with van der Waals surface area (Å²) in [5, 5.41) is 9.45. The van der Waals surface area contributed by atoms with Gasteiger partial charge in [0, 0.05) is 13.1 Å². The Hall–Kier alpha value is -1.11. The highest BCUT2D eigenvalue weighted by molar-refractivity contribution is 7.89. The number of ether oxygens (including phenoxy) is 1. The fourth-order valence-corrected chi connectivity index (χ4v) is 3.94. The van der Waals surface area contributed by atoms with Crippen LogP contribution in [0.5, 0.6) is 5.75 Å². The third kappa shape index (κ3) is 2.91. The van der Waals surface area contributed by atoms with Crippen LogP contribution < -0.4 is 4.74 Å². The first-order valence-corrected chi connectivity index (χ1v) is 7.72. The fourth-order valence-electron chi connectivity index (χ4n) is 2.26. The lowest BCUT2D eigenvalue weighted by Gasteiger charge is -2.29. The van der Waals surface area contributed by atoms with Gasteiger partial charge in [-0.15, -0.1) is 0 Å². The number of benzene rings is 1. The van der Waals surface area contributed by atoms with Crippen molar-refractivity contribution in [2.75, 3.05) is 20.2 Å². The third-order valence-electron chi connectivity index (χ3n) is 3.42. The summed E-state index contributed by atoms with van der Waals surface area (Å²) in [5.41, 5.74) is 0.672. The zero-order valence-electron chi connectivity index (χ0n) is 11.2. The fraction of sp³-hybridized carbons (Fsp3) is 0.538. The van der Waals surface area contributed by atoms with Crippen molar-refractivity contribution in [2.24, 2.45) is 0 Å². The van der Waals surface area contributed by atoms with E-state index in [1.165, 1.54) is 4.31 Å². The van der Waals surface area contributed by atoms with Crippen molar-refractivity contribution in [3.8, 4) is 5.75 Å². The predicted molar refractivity (Wildman–Crippen MR) is 71.7 cm³/mol. The minimum Gasteiger partial charge on any atom is -0.497 e. The molecule has 106 valence electrons. The van der Waals surface area contributed by atoms with Gasteiger partial charge in [-0.25, -0.2) is 8.42 Å². The molecule has 1 fully saturated rings. The molecule has 1 N–H and O–H groups in total. The molecule has 0 aliphatic carbocycles. The van der Waals surface area contributed by atoms with Crippen LogP contribution in [0.2, 0.25) is 0 Å². The van der Waals surface area contributed by atoms with Crippen molar-refractivity contribution in [2.45, 2.75) is 30.8 Å². The van der Waals surface area contributed by atoms with Crippen LogP contribution in [0.25, 0.3) is 0 Å². The van der Waals surface area contributed by atoms with Crippen LogP contribution in [-0.2, 0) is 10.0 Å². The average Bonchev–Trinajstić information content (AvgIpc) is 2.38. The largest absolute Gasteiger partial charge is 0.497 e. The normalized spacial score (nSPS) is 18.5. The number of aryl methyl sites for hydroxylation is 1. The van der Waals surface area contributed by atoms with Gasteiger partial charge in [0.2, 0.25) is 10.0 Å². The lowest BCUT2D eigenvalue weighted by Crippen LogP contribution is -2.40. The first-order valence-electron chi connectivity index (χ1n) is 6.28. The number of aliphatic hydroxyl groups excluding tert-OH is 1. The summed E-state index contributed by atoms with van der Waals surface area (Å²) in [6.45, 7) is 2.50. The Kier molecular flexibility index (Phi) is 4.13. The summed E-state index contributed by atoms with van der Waals surface area (Å²) in [6.07, 6.45) is 0.603. The highest BCUT2D eigenvalue weighted by Gasteiger charge is 2.29. The molecule has 0 bridgehead atoms. The minimum absolute atomic E-state index is 0.310. The molecule has 0 saturated carbocycles. The molecule has 1 aromatic carbocycles. The Morgan fingerprint density at radius 3 is 2.47 bits per heavy atom. The van der Waals surface area contributed by atoms with Gasteiger partial charge in [-0.1, -0.05) is 0 Å². The van der Waals surface area contributed by atoms with Crippen molar-refractivity contribution in [1.29, 1.82) is 0 Å². The number of piperidine rings is 1. The molecule has 1 saturated heterocycles. The quantitative estimate of drug-likeness (QED) is 0.904. The van der Waals surface area contributed by atoms with E-state index in [0.717, 1.165) is 0 Å². The molecule has 0 radical (unpaired) electrons. The Morgan fingerprint density at radius 2 is 1.95 bits per heavy atom. The van der Waals surface area contributed by atoms with E-state index in [1.807, 2.05) is 0 Å². The molecular weight excluding hydrogens is 266 g/mol. The van der Waals surface area contributed by atoms with Crippen molar-refractivity contribution < 1.29 is 18.3 Å². The first kappa shape index (κ1) is 14.3. The van der Waals surface area contributed by atoms with Crippen LogP contribution in [0.3, 0.4) is 0 Å². The minimum atomic E-state index is -3.47. The zero-order valence-corrected chi connectivity index (χ0v) is 12.0. The predicted octanol–water partition coefficient (Wildman–Crippen LogP) is 1.15. The third-order valence-corrected chi connectivity index (χ3v) is 5.48. The standard InChI is InChI=1S/C13H19NO4S/c1-10-9-12(18-2)3-4-13(10)19(16,17)14-7-5-11(15)6-8-14/h3-4,9,11,15H,5-8H2,1-2H3. The average molecular weight is 285 g/mol. The number of hydrogen-bond donors (Lipinski definition) is 1. The summed E-state index contributed by atoms with van der Waals surface area (Å²) >= 11 is 0. The molecule has 6 heteroatoms. The smallest absolute Gasteiger partial charge is 0.243 e. The number of methoxy groups -OCH3 is 1. The SMILES string of the molecule is COc1ccc(S(=O)(=O)N2CCC(O)CC2)c(C)c1. The molecule has 0 amide bonds. The maximum Gasteiger partial charge on any atom is 0.243 e. The second-order valence-electron chi connectivity index (χ2n) is 4.77. The van der Waals surface area contributed by atoms with Gasteiger partial charge in [0.1, 0.15) is 5.75 Å². The van der Waals surface area contributed by atoms with Crippen LogP contribution >= 0.6 is 0 Å². The van der Waals surface area contributed by atoms with Crippen LogP contribution in [0, 0.1) is 6.92 Å². The van der Waals surface area contributed by atoms with E-state index in [9.17, 15) is 13.5 Å². The second kappa shape index (κ2) is 5.48. The molecule has 1 aliphatic heterocycles. The van der Waals surface area contributed by atoms with Crippen molar-refractivity contribution >= 4 is 10.0 Å². The molecule has 19 heavy (non-hydrogen) atoms. The molecule has 1 heterocycles. The van der Waals surface area contributed by atoms with Crippen LogP contribution in [0.15, 0.2) is 23.1 Å². The maximum absolute atomic E-state index is 12.5. The van der Waals surface area contributed by atoms with E-state index in [0.29, 0.717) is 42.1 Å². The first-order chi connectivity index (χ1) is 8.95. The lowest BCUT2D eigenvalue weighted by molar-refractivity contribution is 0.113. The van der Waals surface area contributed by atoms with Crippen molar-refractivity contribution in [3.05, 3.63) is 23.8 Å². The number of rotatable bonds is 3. The van der Waals surface area contributed by atoms with E-state index in [1.54, 1.807) is 32.2 Å². The Morgan fingerprint density at radius 1 is 1.32 bits per heavy atom. The molecule has 1 aliphatic rings. The molecule has 1 aromatic rings. The number of nitrogens with zero attached hydrogens (tertiary/aromatic N) is 1. The number of sulfonamides is 1. The van der Waals surface area contributed by atoms with E-state index in [-0.39, 0.29) is 6.10 Å². The van der Waals surface area contributed by atoms with Crippen molar-refractivity contribution in [3.63, 3.8) is 0 Å². The van der Waals surface area contributed by atoms with E-state index in [4.69, 9.17) is 4.74 Å². The molecule has 5 nitrogen and oxygen atoms in total. The van der Waals surface area contributed by atoms with Crippen molar-refractivity contribution in [1.82, 2.24) is 4.31 Å². The highest BCUT2D eigenvalue weighted by Crippen LogP contribution is 2.26. The van der Waals surface area contributed by atoms with E-state index < -0.39 is 10.0 Å². The molecule has 0 spiro atoms. The summed E-state index contributed by atoms with van der Waals surface area (Å²) in [5.74, 6) is 0.644. The molecule has 0 atom stereocenters. The maximum atomic E-state index is 12.5. The van der Waals surface area contributed by atoms with Crippen LogP contribution in [0.4, 0.5) is 0 Å². The topological polar surface area (TPSA) is 66.8 Å². The zero-order chi connectivity index (χ0) is 14.0. The van der Waals surface area contributed by atoms with Gasteiger partial charge in [0.15, 0.2) is 0 Å². The van der Waals surface area contributed by atoms with Gasteiger partial charge in [-0.05, 0) is 43.5 Å². The summed E-state index contributed by atoms with van der Waals surface area (Å²) in [4.78, 5) is 0.310. The molecular formula is C13H19NO4S. The molecule has 2 rings (SSSR count). The summed E-state index contributed by atoms with van der Waals surface area (Å²) < 4.78 is 31.6. The number of hydrogen-bond acceptors (Lipinski definition) is 4. The van der Waals surface area contributed by atoms with Gasteiger partial charge in [-0.2, -0.15) is 4.31 Å². The van der Waals surface area contributed by atoms with Gasteiger partial charge in [0.05, 0.1) is 18.1 Å². The molecule has 0 aromatic heterocycles. The second-order valence-corrected chi connectivity index (χ2v) is 6.67. The van der Waals surface area contributed by atoms with Gasteiger partial charge in [-0.3, -0.25) is 0 Å². The lowest BCUT2D eigenvalue weighted by atomic mass is 10.1. The van der Waals surface area contributed by atoms with E-state index in [2.05, 4.69) is 0 Å². The van der Waals surface area contributed by atoms with Crippen LogP contribution in [-0.4, -0.2) is 44.1 Å². The summed E-state index contributed by atoms with van der Waals surface area (Å²) in [6, 6.07) is 4.94. The number of aliphatic hydroxyl groups is 1. The summed E-state index contributed by atoms with van der Waals surface area (Å²) in [7, 11) is -1.92. The Balaban J connectivity index is 2.29. The van der Waals surface area contributed by atoms with Gasteiger partial charge >= 0.3 is 0 Å². The van der Waals surface area contributed by atoms with Crippen LogP contribution in [0.1, 0.15) is 18.4 Å². The van der Waals surface area contributed by atoms with Gasteiger partial charge < -0.3 is 9.84 Å². The van der Waals surface area contributed by atoms with E-state index >= 15 is 0 Å². The Labute approximate surface area is 113 Å². The highest BCUT2D eigenvalue weighted by atomic mass is 32.2. The monoisotopic (exact) mass is 285 g/mol.